The molecule has 0 aliphatic carbocycles. The van der Waals surface area contributed by atoms with Gasteiger partial charge in [-0.2, -0.15) is 11.8 Å². The predicted octanol–water partition coefficient (Wildman–Crippen LogP) is 2.61. The number of anilines is 1. The SMILES string of the molecule is Brc1nnc(NC2CCCSC2)s1. The maximum Gasteiger partial charge on any atom is 0.206 e. The molecule has 1 unspecified atom stereocenters. The van der Waals surface area contributed by atoms with Crippen molar-refractivity contribution in [2.24, 2.45) is 0 Å². The van der Waals surface area contributed by atoms with Gasteiger partial charge >= 0.3 is 0 Å². The van der Waals surface area contributed by atoms with Crippen LogP contribution >= 0.6 is 39.0 Å². The zero-order chi connectivity index (χ0) is 9.10. The Labute approximate surface area is 93.8 Å². The fourth-order valence-electron chi connectivity index (χ4n) is 1.29. The highest BCUT2D eigenvalue weighted by atomic mass is 79.9. The van der Waals surface area contributed by atoms with Crippen LogP contribution in [0.5, 0.6) is 0 Å². The topological polar surface area (TPSA) is 37.8 Å². The van der Waals surface area contributed by atoms with E-state index in [1.807, 2.05) is 11.8 Å². The number of thioether (sulfide) groups is 1. The molecule has 13 heavy (non-hydrogen) atoms. The number of halogens is 1. The van der Waals surface area contributed by atoms with Crippen LogP contribution in [0.2, 0.25) is 0 Å². The molecular formula is C7H10BrN3S2. The summed E-state index contributed by atoms with van der Waals surface area (Å²) in [6.07, 6.45) is 2.56. The lowest BCUT2D eigenvalue weighted by Crippen LogP contribution is -2.25. The highest BCUT2D eigenvalue weighted by Gasteiger charge is 2.14. The van der Waals surface area contributed by atoms with E-state index >= 15 is 0 Å². The molecule has 1 aliphatic rings. The van der Waals surface area contributed by atoms with Crippen LogP contribution < -0.4 is 5.32 Å². The fraction of sp³-hybridized carbons (Fsp3) is 0.714. The van der Waals surface area contributed by atoms with Crippen LogP contribution in [0.25, 0.3) is 0 Å². The summed E-state index contributed by atoms with van der Waals surface area (Å²) in [7, 11) is 0. The first-order valence-corrected chi connectivity index (χ1v) is 6.94. The van der Waals surface area contributed by atoms with Gasteiger partial charge in [0.25, 0.3) is 0 Å². The van der Waals surface area contributed by atoms with Crippen molar-refractivity contribution in [1.82, 2.24) is 10.2 Å². The van der Waals surface area contributed by atoms with Gasteiger partial charge in [0.15, 0.2) is 3.92 Å². The number of rotatable bonds is 2. The molecule has 2 rings (SSSR count). The molecular weight excluding hydrogens is 270 g/mol. The summed E-state index contributed by atoms with van der Waals surface area (Å²) < 4.78 is 0.846. The monoisotopic (exact) mass is 279 g/mol. The molecule has 0 bridgehead atoms. The van der Waals surface area contributed by atoms with Crippen LogP contribution in [0.1, 0.15) is 12.8 Å². The molecule has 0 amide bonds. The minimum Gasteiger partial charge on any atom is -0.356 e. The lowest BCUT2D eigenvalue weighted by Gasteiger charge is -2.21. The number of nitrogens with one attached hydrogen (secondary N) is 1. The largest absolute Gasteiger partial charge is 0.356 e. The Morgan fingerprint density at radius 2 is 2.38 bits per heavy atom. The molecule has 1 aliphatic heterocycles. The molecule has 1 N–H and O–H groups in total. The molecule has 0 aromatic carbocycles. The summed E-state index contributed by atoms with van der Waals surface area (Å²) in [5.74, 6) is 2.50. The Hall–Kier alpha value is 0.190. The Kier molecular flexibility index (Phi) is 3.45. The van der Waals surface area contributed by atoms with Crippen LogP contribution in [0, 0.1) is 0 Å². The fourth-order valence-corrected chi connectivity index (χ4v) is 3.45. The third-order valence-electron chi connectivity index (χ3n) is 1.89. The summed E-state index contributed by atoms with van der Waals surface area (Å²) in [5, 5.41) is 12.2. The second kappa shape index (κ2) is 4.61. The number of hydrogen-bond donors (Lipinski definition) is 1. The van der Waals surface area contributed by atoms with Gasteiger partial charge in [-0.05, 0) is 34.5 Å². The Bertz CT molecular complexity index is 272. The van der Waals surface area contributed by atoms with Crippen molar-refractivity contribution in [3.8, 4) is 0 Å². The third-order valence-corrected chi connectivity index (χ3v) is 4.39. The van der Waals surface area contributed by atoms with E-state index in [2.05, 4.69) is 31.4 Å². The molecule has 1 fully saturated rings. The number of aromatic nitrogens is 2. The van der Waals surface area contributed by atoms with Gasteiger partial charge in [0.05, 0.1) is 0 Å². The molecule has 6 heteroatoms. The van der Waals surface area contributed by atoms with Gasteiger partial charge in [0, 0.05) is 11.8 Å². The first-order chi connectivity index (χ1) is 6.34. The van der Waals surface area contributed by atoms with Gasteiger partial charge in [-0.3, -0.25) is 0 Å². The Morgan fingerprint density at radius 1 is 1.46 bits per heavy atom. The van der Waals surface area contributed by atoms with Crippen molar-refractivity contribution in [3.05, 3.63) is 3.92 Å². The minimum absolute atomic E-state index is 0.582. The van der Waals surface area contributed by atoms with Crippen LogP contribution in [-0.2, 0) is 0 Å². The van der Waals surface area contributed by atoms with Crippen LogP contribution in [0.3, 0.4) is 0 Å². The van der Waals surface area contributed by atoms with Crippen LogP contribution in [0.15, 0.2) is 3.92 Å². The van der Waals surface area contributed by atoms with E-state index in [9.17, 15) is 0 Å². The molecule has 0 saturated carbocycles. The van der Waals surface area contributed by atoms with E-state index < -0.39 is 0 Å². The highest BCUT2D eigenvalue weighted by molar-refractivity contribution is 9.11. The molecule has 1 aromatic heterocycles. The quantitative estimate of drug-likeness (QED) is 0.903. The second-order valence-electron chi connectivity index (χ2n) is 2.92. The first-order valence-electron chi connectivity index (χ1n) is 4.18. The average Bonchev–Trinajstić information content (AvgIpc) is 2.53. The zero-order valence-corrected chi connectivity index (χ0v) is 10.2. The van der Waals surface area contributed by atoms with Crippen molar-refractivity contribution in [2.45, 2.75) is 18.9 Å². The van der Waals surface area contributed by atoms with Crippen molar-refractivity contribution in [1.29, 1.82) is 0 Å². The third kappa shape index (κ3) is 2.82. The molecule has 2 heterocycles. The molecule has 1 aromatic rings. The van der Waals surface area contributed by atoms with Crippen molar-refractivity contribution in [3.63, 3.8) is 0 Å². The summed E-state index contributed by atoms with van der Waals surface area (Å²) in [5.41, 5.74) is 0. The van der Waals surface area contributed by atoms with Crippen molar-refractivity contribution >= 4 is 44.2 Å². The lowest BCUT2D eigenvalue weighted by atomic mass is 10.2. The smallest absolute Gasteiger partial charge is 0.206 e. The van der Waals surface area contributed by atoms with Gasteiger partial charge in [0.2, 0.25) is 5.13 Å². The van der Waals surface area contributed by atoms with Crippen molar-refractivity contribution < 1.29 is 0 Å². The van der Waals surface area contributed by atoms with Crippen LogP contribution in [0.4, 0.5) is 5.13 Å². The molecule has 0 spiro atoms. The van der Waals surface area contributed by atoms with E-state index in [0.29, 0.717) is 6.04 Å². The minimum atomic E-state index is 0.582. The van der Waals surface area contributed by atoms with E-state index in [4.69, 9.17) is 0 Å². The predicted molar refractivity (Wildman–Crippen MR) is 61.6 cm³/mol. The Balaban J connectivity index is 1.89. The van der Waals surface area contributed by atoms with E-state index in [-0.39, 0.29) is 0 Å². The van der Waals surface area contributed by atoms with Gasteiger partial charge in [-0.1, -0.05) is 11.3 Å². The summed E-state index contributed by atoms with van der Waals surface area (Å²) >= 11 is 6.86. The average molecular weight is 280 g/mol. The molecule has 1 saturated heterocycles. The standard InChI is InChI=1S/C7H10BrN3S2/c8-6-10-11-7(13-6)9-5-2-1-3-12-4-5/h5H,1-4H2,(H,9,11). The maximum absolute atomic E-state index is 4.01. The summed E-state index contributed by atoms with van der Waals surface area (Å²) in [6.45, 7) is 0. The number of nitrogens with zero attached hydrogens (tertiary/aromatic N) is 2. The van der Waals surface area contributed by atoms with Crippen LogP contribution in [-0.4, -0.2) is 27.7 Å². The lowest BCUT2D eigenvalue weighted by molar-refractivity contribution is 0.683. The summed E-state index contributed by atoms with van der Waals surface area (Å²) in [6, 6.07) is 0.582. The van der Waals surface area contributed by atoms with Gasteiger partial charge < -0.3 is 5.32 Å². The van der Waals surface area contributed by atoms with Gasteiger partial charge in [-0.15, -0.1) is 10.2 Å². The maximum atomic E-state index is 4.01. The molecule has 0 radical (unpaired) electrons. The molecule has 1 atom stereocenters. The van der Waals surface area contributed by atoms with Crippen molar-refractivity contribution in [2.75, 3.05) is 16.8 Å². The summed E-state index contributed by atoms with van der Waals surface area (Å²) in [4.78, 5) is 0. The first kappa shape index (κ1) is 9.73. The molecule has 3 nitrogen and oxygen atoms in total. The molecule has 72 valence electrons. The normalized spacial score (nSPS) is 23.0. The number of hydrogen-bond acceptors (Lipinski definition) is 5. The Morgan fingerprint density at radius 3 is 3.00 bits per heavy atom. The highest BCUT2D eigenvalue weighted by Crippen LogP contribution is 2.24. The van der Waals surface area contributed by atoms with E-state index in [0.717, 1.165) is 9.05 Å². The second-order valence-corrected chi connectivity index (χ2v) is 6.32. The zero-order valence-electron chi connectivity index (χ0n) is 6.99. The van der Waals surface area contributed by atoms with E-state index in [1.165, 1.54) is 24.3 Å². The van der Waals surface area contributed by atoms with E-state index in [1.54, 1.807) is 11.3 Å². The van der Waals surface area contributed by atoms with Gasteiger partial charge in [-0.25, -0.2) is 0 Å². The van der Waals surface area contributed by atoms with Gasteiger partial charge in [0.1, 0.15) is 0 Å².